The number of hydrogen-bond acceptors (Lipinski definition) is 2. The molecule has 0 saturated carbocycles. The molecule has 3 heteroatoms. The monoisotopic (exact) mass is 231 g/mol. The highest BCUT2D eigenvalue weighted by Crippen LogP contribution is 2.31. The van der Waals surface area contributed by atoms with E-state index in [1.807, 2.05) is 13.0 Å². The molecule has 0 N–H and O–H groups in total. The average Bonchev–Trinajstić information content (AvgIpc) is 2.37. The van der Waals surface area contributed by atoms with Crippen LogP contribution in [0, 0.1) is 5.82 Å². The smallest absolute Gasteiger partial charge is 0.136 e. The van der Waals surface area contributed by atoms with Crippen molar-refractivity contribution in [2.24, 2.45) is 0 Å². The van der Waals surface area contributed by atoms with Crippen LogP contribution in [0.15, 0.2) is 42.6 Å². The third-order valence-electron chi connectivity index (χ3n) is 2.36. The molecule has 0 aliphatic rings. The second-order valence-electron chi connectivity index (χ2n) is 3.68. The number of pyridine rings is 1. The van der Waals surface area contributed by atoms with Crippen molar-refractivity contribution in [2.75, 3.05) is 6.61 Å². The zero-order valence-corrected chi connectivity index (χ0v) is 9.69. The van der Waals surface area contributed by atoms with Gasteiger partial charge in [0.05, 0.1) is 17.9 Å². The third-order valence-corrected chi connectivity index (χ3v) is 2.36. The SMILES string of the molecule is CCCOc1cccc(F)c1-c1ccccn1. The fraction of sp³-hybridized carbons (Fsp3) is 0.214. The highest BCUT2D eigenvalue weighted by molar-refractivity contribution is 5.67. The maximum atomic E-state index is 13.8. The lowest BCUT2D eigenvalue weighted by Crippen LogP contribution is -1.99. The van der Waals surface area contributed by atoms with Crippen LogP contribution in [-0.4, -0.2) is 11.6 Å². The summed E-state index contributed by atoms with van der Waals surface area (Å²) in [4.78, 5) is 4.16. The fourth-order valence-corrected chi connectivity index (χ4v) is 1.60. The van der Waals surface area contributed by atoms with Crippen molar-refractivity contribution in [3.63, 3.8) is 0 Å². The van der Waals surface area contributed by atoms with Crippen molar-refractivity contribution >= 4 is 0 Å². The van der Waals surface area contributed by atoms with Crippen LogP contribution in [0.3, 0.4) is 0 Å². The molecule has 2 rings (SSSR count). The largest absolute Gasteiger partial charge is 0.493 e. The van der Waals surface area contributed by atoms with E-state index in [0.29, 0.717) is 23.6 Å². The number of aromatic nitrogens is 1. The van der Waals surface area contributed by atoms with Crippen LogP contribution >= 0.6 is 0 Å². The summed E-state index contributed by atoms with van der Waals surface area (Å²) in [5.74, 6) is 0.239. The summed E-state index contributed by atoms with van der Waals surface area (Å²) in [5.41, 5.74) is 1.03. The van der Waals surface area contributed by atoms with Crippen LogP contribution in [-0.2, 0) is 0 Å². The Labute approximate surface area is 100 Å². The van der Waals surface area contributed by atoms with E-state index in [0.717, 1.165) is 6.42 Å². The van der Waals surface area contributed by atoms with Gasteiger partial charge in [0.1, 0.15) is 11.6 Å². The lowest BCUT2D eigenvalue weighted by molar-refractivity contribution is 0.317. The summed E-state index contributed by atoms with van der Waals surface area (Å²) in [6, 6.07) is 10.2. The van der Waals surface area contributed by atoms with E-state index in [1.54, 1.807) is 30.5 Å². The van der Waals surface area contributed by atoms with E-state index < -0.39 is 0 Å². The molecule has 17 heavy (non-hydrogen) atoms. The molecule has 0 aliphatic carbocycles. The quantitative estimate of drug-likeness (QED) is 0.800. The first-order valence-electron chi connectivity index (χ1n) is 5.65. The lowest BCUT2D eigenvalue weighted by Gasteiger charge is -2.11. The van der Waals surface area contributed by atoms with Gasteiger partial charge < -0.3 is 4.74 Å². The van der Waals surface area contributed by atoms with Crippen molar-refractivity contribution in [3.8, 4) is 17.0 Å². The summed E-state index contributed by atoms with van der Waals surface area (Å²) in [6.07, 6.45) is 2.53. The summed E-state index contributed by atoms with van der Waals surface area (Å²) in [7, 11) is 0. The third kappa shape index (κ3) is 2.61. The molecule has 0 atom stereocenters. The molecule has 0 bridgehead atoms. The Bertz CT molecular complexity index is 485. The van der Waals surface area contributed by atoms with Gasteiger partial charge in [-0.15, -0.1) is 0 Å². The van der Waals surface area contributed by atoms with Gasteiger partial charge in [-0.1, -0.05) is 19.1 Å². The van der Waals surface area contributed by atoms with Crippen LogP contribution in [0.5, 0.6) is 5.75 Å². The topological polar surface area (TPSA) is 22.1 Å². The van der Waals surface area contributed by atoms with E-state index in [2.05, 4.69) is 4.98 Å². The Morgan fingerprint density at radius 1 is 1.18 bits per heavy atom. The second kappa shape index (κ2) is 5.43. The van der Waals surface area contributed by atoms with Gasteiger partial charge in [-0.05, 0) is 30.7 Å². The molecule has 2 nitrogen and oxygen atoms in total. The molecule has 0 spiro atoms. The number of halogens is 1. The van der Waals surface area contributed by atoms with Gasteiger partial charge in [0.2, 0.25) is 0 Å². The molecule has 1 heterocycles. The molecule has 0 amide bonds. The molecule has 0 saturated heterocycles. The predicted octanol–water partition coefficient (Wildman–Crippen LogP) is 3.68. The first-order chi connectivity index (χ1) is 8.33. The van der Waals surface area contributed by atoms with E-state index in [1.165, 1.54) is 6.07 Å². The minimum absolute atomic E-state index is 0.308. The summed E-state index contributed by atoms with van der Waals surface area (Å²) >= 11 is 0. The van der Waals surface area contributed by atoms with Gasteiger partial charge in [-0.25, -0.2) is 4.39 Å². The minimum Gasteiger partial charge on any atom is -0.493 e. The van der Waals surface area contributed by atoms with Crippen molar-refractivity contribution in [3.05, 3.63) is 48.4 Å². The maximum Gasteiger partial charge on any atom is 0.136 e. The molecule has 0 fully saturated rings. The molecule has 0 aliphatic heterocycles. The number of hydrogen-bond donors (Lipinski definition) is 0. The highest BCUT2D eigenvalue weighted by atomic mass is 19.1. The Balaban J connectivity index is 2.44. The van der Waals surface area contributed by atoms with Crippen LogP contribution in [0.1, 0.15) is 13.3 Å². The van der Waals surface area contributed by atoms with E-state index >= 15 is 0 Å². The van der Waals surface area contributed by atoms with Crippen molar-refractivity contribution < 1.29 is 9.13 Å². The standard InChI is InChI=1S/C14H14FNO/c1-2-10-17-13-8-5-6-11(15)14(13)12-7-3-4-9-16-12/h3-9H,2,10H2,1H3. The van der Waals surface area contributed by atoms with Gasteiger partial charge >= 0.3 is 0 Å². The molecule has 1 aromatic heterocycles. The molecule has 88 valence electrons. The van der Waals surface area contributed by atoms with Gasteiger partial charge in [0.15, 0.2) is 0 Å². The van der Waals surface area contributed by atoms with Crippen LogP contribution in [0.25, 0.3) is 11.3 Å². The normalized spacial score (nSPS) is 10.2. The molecule has 0 unspecified atom stereocenters. The zero-order chi connectivity index (χ0) is 12.1. The molecule has 2 aromatic rings. The summed E-state index contributed by atoms with van der Waals surface area (Å²) in [5, 5.41) is 0. The summed E-state index contributed by atoms with van der Waals surface area (Å²) < 4.78 is 19.4. The van der Waals surface area contributed by atoms with Crippen molar-refractivity contribution in [1.82, 2.24) is 4.98 Å². The van der Waals surface area contributed by atoms with Crippen molar-refractivity contribution in [2.45, 2.75) is 13.3 Å². The number of benzene rings is 1. The van der Waals surface area contributed by atoms with Gasteiger partial charge in [-0.3, -0.25) is 4.98 Å². The van der Waals surface area contributed by atoms with E-state index in [4.69, 9.17) is 4.74 Å². The Morgan fingerprint density at radius 3 is 2.76 bits per heavy atom. The van der Waals surface area contributed by atoms with Gasteiger partial charge in [0.25, 0.3) is 0 Å². The molecule has 1 aromatic carbocycles. The fourth-order valence-electron chi connectivity index (χ4n) is 1.60. The molecule has 0 radical (unpaired) electrons. The highest BCUT2D eigenvalue weighted by Gasteiger charge is 2.12. The average molecular weight is 231 g/mol. The van der Waals surface area contributed by atoms with Gasteiger partial charge in [-0.2, -0.15) is 0 Å². The predicted molar refractivity (Wildman–Crippen MR) is 65.4 cm³/mol. The first-order valence-corrected chi connectivity index (χ1v) is 5.65. The van der Waals surface area contributed by atoms with Gasteiger partial charge in [0, 0.05) is 6.20 Å². The second-order valence-corrected chi connectivity index (χ2v) is 3.68. The summed E-state index contributed by atoms with van der Waals surface area (Å²) in [6.45, 7) is 2.59. The minimum atomic E-state index is -0.308. The zero-order valence-electron chi connectivity index (χ0n) is 9.69. The van der Waals surface area contributed by atoms with Crippen molar-refractivity contribution in [1.29, 1.82) is 0 Å². The Hall–Kier alpha value is -1.90. The Morgan fingerprint density at radius 2 is 2.06 bits per heavy atom. The van der Waals surface area contributed by atoms with E-state index in [-0.39, 0.29) is 5.82 Å². The van der Waals surface area contributed by atoms with Crippen LogP contribution in [0.4, 0.5) is 4.39 Å². The Kier molecular flexibility index (Phi) is 3.70. The van der Waals surface area contributed by atoms with Crippen LogP contribution in [0.2, 0.25) is 0 Å². The number of rotatable bonds is 4. The molecular weight excluding hydrogens is 217 g/mol. The van der Waals surface area contributed by atoms with E-state index in [9.17, 15) is 4.39 Å². The molecular formula is C14H14FNO. The van der Waals surface area contributed by atoms with Crippen LogP contribution < -0.4 is 4.74 Å². The first kappa shape index (κ1) is 11.6. The number of ether oxygens (including phenoxy) is 1. The number of nitrogens with zero attached hydrogens (tertiary/aromatic N) is 1. The lowest BCUT2D eigenvalue weighted by atomic mass is 10.1. The maximum absolute atomic E-state index is 13.8.